The lowest BCUT2D eigenvalue weighted by Crippen LogP contribution is -2.08. The van der Waals surface area contributed by atoms with Crippen molar-refractivity contribution in [2.24, 2.45) is 0 Å². The molecule has 0 unspecified atom stereocenters. The Labute approximate surface area is 106 Å². The predicted molar refractivity (Wildman–Crippen MR) is 63.8 cm³/mol. The molecule has 19 heavy (non-hydrogen) atoms. The Kier molecular flexibility index (Phi) is 3.18. The van der Waals surface area contributed by atoms with Crippen molar-refractivity contribution in [3.05, 3.63) is 47.4 Å². The molecule has 0 spiro atoms. The Hall–Kier alpha value is -2.11. The van der Waals surface area contributed by atoms with Crippen LogP contribution in [0, 0.1) is 12.7 Å². The van der Waals surface area contributed by atoms with E-state index in [-0.39, 0.29) is 11.4 Å². The Balaban J connectivity index is 2.58. The molecule has 0 saturated carbocycles. The number of benzene rings is 1. The van der Waals surface area contributed by atoms with E-state index in [1.165, 1.54) is 12.1 Å². The molecule has 2 rings (SSSR count). The van der Waals surface area contributed by atoms with Gasteiger partial charge < -0.3 is 5.73 Å². The van der Waals surface area contributed by atoms with Crippen molar-refractivity contribution in [1.82, 2.24) is 4.98 Å². The first kappa shape index (κ1) is 13.3. The zero-order valence-corrected chi connectivity index (χ0v) is 9.92. The number of alkyl halides is 3. The minimum atomic E-state index is -4.73. The fourth-order valence-electron chi connectivity index (χ4n) is 1.80. The van der Waals surface area contributed by atoms with E-state index in [9.17, 15) is 17.6 Å². The lowest BCUT2D eigenvalue weighted by atomic mass is 10.0. The summed E-state index contributed by atoms with van der Waals surface area (Å²) < 4.78 is 51.1. The number of aryl methyl sites for hydroxylation is 1. The topological polar surface area (TPSA) is 38.9 Å². The number of hydrogen-bond donors (Lipinski definition) is 1. The summed E-state index contributed by atoms with van der Waals surface area (Å²) in [6.07, 6.45) is -4.73. The van der Waals surface area contributed by atoms with Crippen LogP contribution in [0.5, 0.6) is 0 Å². The third-order valence-electron chi connectivity index (χ3n) is 2.69. The minimum absolute atomic E-state index is 0.249. The van der Waals surface area contributed by atoms with E-state index in [1.54, 1.807) is 13.0 Å². The molecule has 2 N–H and O–H groups in total. The first-order valence-corrected chi connectivity index (χ1v) is 5.39. The number of nitrogens with zero attached hydrogens (tertiary/aromatic N) is 1. The zero-order valence-electron chi connectivity index (χ0n) is 9.92. The summed E-state index contributed by atoms with van der Waals surface area (Å²) in [7, 11) is 0. The molecule has 0 saturated heterocycles. The van der Waals surface area contributed by atoms with Crippen molar-refractivity contribution in [3.8, 4) is 11.1 Å². The number of pyridine rings is 1. The smallest absolute Gasteiger partial charge is 0.384 e. The monoisotopic (exact) mass is 270 g/mol. The van der Waals surface area contributed by atoms with Gasteiger partial charge >= 0.3 is 6.18 Å². The van der Waals surface area contributed by atoms with Gasteiger partial charge in [0.05, 0.1) is 5.56 Å². The van der Waals surface area contributed by atoms with Gasteiger partial charge in [-0.05, 0) is 36.8 Å². The number of halogens is 4. The SMILES string of the molecule is Cc1nc(N)ccc1-c1ccc(F)c(C(F)(F)F)c1. The molecule has 0 fully saturated rings. The highest BCUT2D eigenvalue weighted by molar-refractivity contribution is 5.67. The van der Waals surface area contributed by atoms with Gasteiger partial charge in [0.2, 0.25) is 0 Å². The van der Waals surface area contributed by atoms with Gasteiger partial charge in [-0.25, -0.2) is 9.37 Å². The van der Waals surface area contributed by atoms with E-state index >= 15 is 0 Å². The van der Waals surface area contributed by atoms with Crippen LogP contribution in [-0.4, -0.2) is 4.98 Å². The molecule has 1 heterocycles. The van der Waals surface area contributed by atoms with Gasteiger partial charge in [-0.3, -0.25) is 0 Å². The number of anilines is 1. The lowest BCUT2D eigenvalue weighted by molar-refractivity contribution is -0.139. The maximum Gasteiger partial charge on any atom is 0.419 e. The molecule has 100 valence electrons. The fraction of sp³-hybridized carbons (Fsp3) is 0.154. The summed E-state index contributed by atoms with van der Waals surface area (Å²) >= 11 is 0. The summed E-state index contributed by atoms with van der Waals surface area (Å²) in [6, 6.07) is 5.90. The Morgan fingerprint density at radius 2 is 1.79 bits per heavy atom. The molecule has 0 bridgehead atoms. The summed E-state index contributed by atoms with van der Waals surface area (Å²) in [5.41, 5.74) is 5.41. The second kappa shape index (κ2) is 4.53. The van der Waals surface area contributed by atoms with Gasteiger partial charge in [0.15, 0.2) is 0 Å². The molecule has 1 aromatic heterocycles. The molecular weight excluding hydrogens is 260 g/mol. The zero-order chi connectivity index (χ0) is 14.2. The van der Waals surface area contributed by atoms with E-state index in [4.69, 9.17) is 5.73 Å². The van der Waals surface area contributed by atoms with E-state index in [0.29, 0.717) is 11.3 Å². The summed E-state index contributed by atoms with van der Waals surface area (Å²) in [6.45, 7) is 1.63. The summed E-state index contributed by atoms with van der Waals surface area (Å²) in [5.74, 6) is -1.02. The highest BCUT2D eigenvalue weighted by Crippen LogP contribution is 2.34. The number of hydrogen-bond acceptors (Lipinski definition) is 2. The average molecular weight is 270 g/mol. The van der Waals surface area contributed by atoms with Gasteiger partial charge in [0.1, 0.15) is 11.6 Å². The molecule has 0 radical (unpaired) electrons. The number of aromatic nitrogens is 1. The number of nitrogens with two attached hydrogens (primary N) is 1. The number of nitrogen functional groups attached to an aromatic ring is 1. The van der Waals surface area contributed by atoms with Gasteiger partial charge in [-0.15, -0.1) is 0 Å². The molecule has 1 aromatic carbocycles. The lowest BCUT2D eigenvalue weighted by Gasteiger charge is -2.11. The van der Waals surface area contributed by atoms with Crippen molar-refractivity contribution >= 4 is 5.82 Å². The maximum atomic E-state index is 13.2. The fourth-order valence-corrected chi connectivity index (χ4v) is 1.80. The van der Waals surface area contributed by atoms with Crippen molar-refractivity contribution < 1.29 is 17.6 Å². The highest BCUT2D eigenvalue weighted by atomic mass is 19.4. The van der Waals surface area contributed by atoms with E-state index < -0.39 is 17.6 Å². The van der Waals surface area contributed by atoms with Crippen LogP contribution in [0.2, 0.25) is 0 Å². The van der Waals surface area contributed by atoms with Crippen LogP contribution in [0.15, 0.2) is 30.3 Å². The Bertz CT molecular complexity index is 621. The van der Waals surface area contributed by atoms with Crippen LogP contribution in [0.25, 0.3) is 11.1 Å². The van der Waals surface area contributed by atoms with Gasteiger partial charge in [0, 0.05) is 11.3 Å². The molecule has 0 amide bonds. The van der Waals surface area contributed by atoms with Crippen LogP contribution in [0.1, 0.15) is 11.3 Å². The maximum absolute atomic E-state index is 13.2. The average Bonchev–Trinajstić information content (AvgIpc) is 2.29. The first-order valence-electron chi connectivity index (χ1n) is 5.39. The first-order chi connectivity index (χ1) is 8.79. The highest BCUT2D eigenvalue weighted by Gasteiger charge is 2.34. The van der Waals surface area contributed by atoms with Crippen LogP contribution < -0.4 is 5.73 Å². The van der Waals surface area contributed by atoms with Crippen molar-refractivity contribution in [1.29, 1.82) is 0 Å². The van der Waals surface area contributed by atoms with Gasteiger partial charge in [-0.1, -0.05) is 6.07 Å². The quantitative estimate of drug-likeness (QED) is 0.800. The van der Waals surface area contributed by atoms with E-state index in [2.05, 4.69) is 4.98 Å². The van der Waals surface area contributed by atoms with E-state index in [1.807, 2.05) is 0 Å². The second-order valence-electron chi connectivity index (χ2n) is 4.06. The molecule has 2 aromatic rings. The molecule has 0 aliphatic carbocycles. The second-order valence-corrected chi connectivity index (χ2v) is 4.06. The van der Waals surface area contributed by atoms with Crippen LogP contribution in [-0.2, 0) is 6.18 Å². The van der Waals surface area contributed by atoms with Gasteiger partial charge in [-0.2, -0.15) is 13.2 Å². The van der Waals surface area contributed by atoms with Crippen molar-refractivity contribution in [2.45, 2.75) is 13.1 Å². The van der Waals surface area contributed by atoms with Crippen molar-refractivity contribution in [2.75, 3.05) is 5.73 Å². The Morgan fingerprint density at radius 1 is 1.11 bits per heavy atom. The summed E-state index contributed by atoms with van der Waals surface area (Å²) in [4.78, 5) is 3.97. The molecule has 0 aliphatic heterocycles. The third kappa shape index (κ3) is 2.67. The van der Waals surface area contributed by atoms with E-state index in [0.717, 1.165) is 12.1 Å². The van der Waals surface area contributed by atoms with Crippen LogP contribution in [0.3, 0.4) is 0 Å². The molecular formula is C13H10F4N2. The third-order valence-corrected chi connectivity index (χ3v) is 2.69. The standard InChI is InChI=1S/C13H10F4N2/c1-7-9(3-5-12(18)19-7)8-2-4-11(14)10(6-8)13(15,16)17/h2-6H,1H3,(H2,18,19). The van der Waals surface area contributed by atoms with Crippen molar-refractivity contribution in [3.63, 3.8) is 0 Å². The predicted octanol–water partition coefficient (Wildman–Crippen LogP) is 3.80. The normalized spacial score (nSPS) is 11.6. The van der Waals surface area contributed by atoms with Crippen LogP contribution in [0.4, 0.5) is 23.4 Å². The molecule has 6 heteroatoms. The summed E-state index contributed by atoms with van der Waals surface area (Å²) in [5, 5.41) is 0. The molecule has 0 aliphatic rings. The Morgan fingerprint density at radius 3 is 2.37 bits per heavy atom. The molecule has 0 atom stereocenters. The number of rotatable bonds is 1. The minimum Gasteiger partial charge on any atom is -0.384 e. The van der Waals surface area contributed by atoms with Gasteiger partial charge in [0.25, 0.3) is 0 Å². The van der Waals surface area contributed by atoms with Crippen LogP contribution >= 0.6 is 0 Å². The molecule has 2 nitrogen and oxygen atoms in total. The largest absolute Gasteiger partial charge is 0.419 e.